The van der Waals surface area contributed by atoms with Crippen LogP contribution in [0.25, 0.3) is 0 Å². The fraction of sp³-hybridized carbons (Fsp3) is 0.850. The molecule has 0 unspecified atom stereocenters. The van der Waals surface area contributed by atoms with Crippen molar-refractivity contribution in [2.24, 2.45) is 62.6 Å². The van der Waals surface area contributed by atoms with Crippen LogP contribution in [-0.4, -0.2) is 61.7 Å². The zero-order valence-corrected chi connectivity index (χ0v) is 31.5. The summed E-state index contributed by atoms with van der Waals surface area (Å²) in [6.07, 6.45) is 6.08. The number of esters is 1. The third-order valence-corrected chi connectivity index (χ3v) is 15.9. The van der Waals surface area contributed by atoms with Crippen molar-refractivity contribution in [3.63, 3.8) is 0 Å². The Hall–Kier alpha value is -1.70. The number of carboxylic acids is 1. The van der Waals surface area contributed by atoms with Crippen LogP contribution in [0, 0.1) is 62.6 Å². The zero-order chi connectivity index (χ0) is 35.1. The number of carbonyl (C=O) groups is 2. The van der Waals surface area contributed by atoms with Gasteiger partial charge in [-0.05, 0) is 92.1 Å². The first-order valence-corrected chi connectivity index (χ1v) is 18.4. The standard InChI is InChI=1S/C40H65NO6/c1-23(2)26(6)35(8)16-17-37(10)28-14-15-31-36(9)20-45-22-40(31,29(28)18-25(5)39(37,12)32(35)34(43)44)19-30(47-27(7)42)33(36)46-21-38(11,41-13)24(3)4/h18,23-24,26,28,30-33,41H,5,14-17,19-22H2,1-4,6-13H3,(H,43,44)/t26-,28+,30-,31+,32-,33+,35-,36+,37-,38+,39+,40+/m1/s1. The first-order chi connectivity index (χ1) is 21.7. The highest BCUT2D eigenvalue weighted by Crippen LogP contribution is 2.75. The van der Waals surface area contributed by atoms with Crippen LogP contribution in [0.5, 0.6) is 0 Å². The molecule has 7 nitrogen and oxygen atoms in total. The van der Waals surface area contributed by atoms with E-state index in [-0.39, 0.29) is 57.0 Å². The Morgan fingerprint density at radius 1 is 1.11 bits per heavy atom. The van der Waals surface area contributed by atoms with Crippen molar-refractivity contribution in [3.8, 4) is 0 Å². The van der Waals surface area contributed by atoms with Gasteiger partial charge >= 0.3 is 11.9 Å². The number of hydrogen-bond donors (Lipinski definition) is 2. The van der Waals surface area contributed by atoms with Crippen LogP contribution in [0.4, 0.5) is 0 Å². The quantitative estimate of drug-likeness (QED) is 0.246. The molecule has 0 radical (unpaired) electrons. The number of rotatable bonds is 9. The molecule has 3 saturated carbocycles. The molecule has 4 aliphatic carbocycles. The summed E-state index contributed by atoms with van der Waals surface area (Å²) in [6, 6.07) is 0. The van der Waals surface area contributed by atoms with Crippen LogP contribution in [0.2, 0.25) is 0 Å². The van der Waals surface area contributed by atoms with E-state index in [2.05, 4.69) is 80.6 Å². The predicted octanol–water partition coefficient (Wildman–Crippen LogP) is 7.69. The molecule has 0 aromatic rings. The number of aliphatic carboxylic acids is 1. The van der Waals surface area contributed by atoms with E-state index in [0.29, 0.717) is 38.1 Å². The van der Waals surface area contributed by atoms with Gasteiger partial charge in [-0.25, -0.2) is 0 Å². The van der Waals surface area contributed by atoms with Crippen LogP contribution in [-0.2, 0) is 23.8 Å². The number of likely N-dealkylation sites (N-methyl/N-ethyl adjacent to an activating group) is 1. The summed E-state index contributed by atoms with van der Waals surface area (Å²) < 4.78 is 19.8. The van der Waals surface area contributed by atoms with Crippen molar-refractivity contribution in [3.05, 3.63) is 23.8 Å². The molecule has 0 aromatic carbocycles. The maximum absolute atomic E-state index is 13.5. The number of ether oxygens (including phenoxy) is 3. The maximum Gasteiger partial charge on any atom is 0.307 e. The van der Waals surface area contributed by atoms with Gasteiger partial charge in [0.2, 0.25) is 0 Å². The highest BCUT2D eigenvalue weighted by atomic mass is 16.6. The zero-order valence-electron chi connectivity index (χ0n) is 31.5. The molecule has 266 valence electrons. The second-order valence-electron chi connectivity index (χ2n) is 18.3. The summed E-state index contributed by atoms with van der Waals surface area (Å²) in [5, 5.41) is 14.5. The molecule has 47 heavy (non-hydrogen) atoms. The lowest BCUT2D eigenvalue weighted by atomic mass is 9.33. The number of carbonyl (C=O) groups excluding carboxylic acids is 1. The number of carboxylic acid groups (broad SMARTS) is 1. The van der Waals surface area contributed by atoms with Gasteiger partial charge in [0.15, 0.2) is 0 Å². The maximum atomic E-state index is 13.5. The molecular formula is C40H65NO6. The monoisotopic (exact) mass is 655 g/mol. The summed E-state index contributed by atoms with van der Waals surface area (Å²) in [4.78, 5) is 26.2. The fourth-order valence-corrected chi connectivity index (χ4v) is 11.9. The first kappa shape index (κ1) is 36.6. The van der Waals surface area contributed by atoms with Gasteiger partial charge in [0, 0.05) is 28.7 Å². The minimum absolute atomic E-state index is 0.199. The van der Waals surface area contributed by atoms with Gasteiger partial charge < -0.3 is 24.6 Å². The second kappa shape index (κ2) is 12.0. The summed E-state index contributed by atoms with van der Waals surface area (Å²) >= 11 is 0. The van der Waals surface area contributed by atoms with Crippen LogP contribution < -0.4 is 5.32 Å². The number of hydrogen-bond acceptors (Lipinski definition) is 6. The molecule has 5 rings (SSSR count). The summed E-state index contributed by atoms with van der Waals surface area (Å²) in [5.74, 6) is -0.0630. The van der Waals surface area contributed by atoms with E-state index < -0.39 is 23.4 Å². The van der Waals surface area contributed by atoms with Crippen LogP contribution in [0.1, 0.15) is 108 Å². The minimum Gasteiger partial charge on any atom is -0.481 e. The van der Waals surface area contributed by atoms with E-state index in [0.717, 1.165) is 31.3 Å². The van der Waals surface area contributed by atoms with Gasteiger partial charge in [0.25, 0.3) is 0 Å². The topological polar surface area (TPSA) is 94.1 Å². The second-order valence-corrected chi connectivity index (χ2v) is 18.3. The van der Waals surface area contributed by atoms with E-state index in [1.807, 2.05) is 7.05 Å². The van der Waals surface area contributed by atoms with Gasteiger partial charge in [-0.2, -0.15) is 0 Å². The molecule has 4 fully saturated rings. The average Bonchev–Trinajstić information content (AvgIpc) is 2.97. The van der Waals surface area contributed by atoms with Crippen molar-refractivity contribution >= 4 is 11.9 Å². The van der Waals surface area contributed by atoms with Crippen LogP contribution in [0.3, 0.4) is 0 Å². The van der Waals surface area contributed by atoms with E-state index in [1.165, 1.54) is 12.5 Å². The molecule has 1 aliphatic heterocycles. The smallest absolute Gasteiger partial charge is 0.307 e. The largest absolute Gasteiger partial charge is 0.481 e. The first-order valence-electron chi connectivity index (χ1n) is 18.4. The fourth-order valence-electron chi connectivity index (χ4n) is 11.9. The molecule has 0 amide bonds. The predicted molar refractivity (Wildman–Crippen MR) is 186 cm³/mol. The third kappa shape index (κ3) is 5.05. The van der Waals surface area contributed by atoms with Crippen molar-refractivity contribution < 1.29 is 28.9 Å². The van der Waals surface area contributed by atoms with Gasteiger partial charge in [-0.15, -0.1) is 0 Å². The molecule has 12 atom stereocenters. The Labute approximate surface area is 285 Å². The summed E-state index contributed by atoms with van der Waals surface area (Å²) in [5.41, 5.74) is 0.130. The lowest BCUT2D eigenvalue weighted by Crippen LogP contribution is -2.70. The normalized spacial score (nSPS) is 44.9. The molecular weight excluding hydrogens is 590 g/mol. The van der Waals surface area contributed by atoms with Crippen molar-refractivity contribution in [1.82, 2.24) is 5.32 Å². The number of nitrogens with one attached hydrogen (secondary N) is 1. The van der Waals surface area contributed by atoms with E-state index in [9.17, 15) is 14.7 Å². The van der Waals surface area contributed by atoms with E-state index >= 15 is 0 Å². The SMILES string of the molecule is C=C1C=C2[C@H](CC[C@@H]3[C@@]24COC[C@]3(C)[C@@H](OC[C@](C)(NC)C(C)C)[C@H](OC(C)=O)C4)[C@@]2(C)CC[C@](C)([C@H](C)C(C)C)[C@@H](C(=O)O)[C@]12C. The summed E-state index contributed by atoms with van der Waals surface area (Å²) in [6.45, 7) is 30.3. The third-order valence-electron chi connectivity index (χ3n) is 15.9. The molecule has 5 aliphatic rings. The van der Waals surface area contributed by atoms with Crippen LogP contribution in [0.15, 0.2) is 23.8 Å². The Morgan fingerprint density at radius 2 is 1.77 bits per heavy atom. The van der Waals surface area contributed by atoms with E-state index in [1.54, 1.807) is 0 Å². The lowest BCUT2D eigenvalue weighted by Gasteiger charge is -2.71. The van der Waals surface area contributed by atoms with Crippen LogP contribution >= 0.6 is 0 Å². The molecule has 1 saturated heterocycles. The van der Waals surface area contributed by atoms with Crippen molar-refractivity contribution in [2.75, 3.05) is 26.9 Å². The lowest BCUT2D eigenvalue weighted by molar-refractivity contribution is -0.268. The molecule has 2 N–H and O–H groups in total. The van der Waals surface area contributed by atoms with Gasteiger partial charge in [-0.3, -0.25) is 9.59 Å². The van der Waals surface area contributed by atoms with Gasteiger partial charge in [0.05, 0.1) is 25.7 Å². The Morgan fingerprint density at radius 3 is 2.32 bits per heavy atom. The van der Waals surface area contributed by atoms with E-state index in [4.69, 9.17) is 20.8 Å². The Balaban J connectivity index is 1.61. The number of allylic oxidation sites excluding steroid dienone is 2. The van der Waals surface area contributed by atoms with Crippen molar-refractivity contribution in [2.45, 2.75) is 126 Å². The Bertz CT molecular complexity index is 1310. The Kier molecular flexibility index (Phi) is 9.32. The molecule has 2 bridgehead atoms. The van der Waals surface area contributed by atoms with Crippen molar-refractivity contribution in [1.29, 1.82) is 0 Å². The molecule has 1 heterocycles. The minimum atomic E-state index is -0.700. The van der Waals surface area contributed by atoms with Gasteiger partial charge in [0.1, 0.15) is 12.2 Å². The molecule has 7 heteroatoms. The summed E-state index contributed by atoms with van der Waals surface area (Å²) in [7, 11) is 1.98. The molecule has 0 aromatic heterocycles. The van der Waals surface area contributed by atoms with Gasteiger partial charge in [-0.1, -0.05) is 80.5 Å². The number of fused-ring (bicyclic) bond motifs is 3. The molecule has 0 spiro atoms. The highest BCUT2D eigenvalue weighted by molar-refractivity contribution is 5.74. The average molecular weight is 656 g/mol. The highest BCUT2D eigenvalue weighted by Gasteiger charge is 2.72.